The van der Waals surface area contributed by atoms with Gasteiger partial charge in [-0.25, -0.2) is 9.78 Å². The van der Waals surface area contributed by atoms with Gasteiger partial charge in [0.15, 0.2) is 11.4 Å². The van der Waals surface area contributed by atoms with Crippen LogP contribution in [0, 0.1) is 6.92 Å². The number of amides is 1. The van der Waals surface area contributed by atoms with Crippen LogP contribution in [0.15, 0.2) is 53.1 Å². The number of hydrogen-bond acceptors (Lipinski definition) is 6. The van der Waals surface area contributed by atoms with Gasteiger partial charge < -0.3 is 14.5 Å². The van der Waals surface area contributed by atoms with Crippen molar-refractivity contribution in [2.24, 2.45) is 7.05 Å². The molecule has 0 spiro atoms. The maximum Gasteiger partial charge on any atom is 0.337 e. The lowest BCUT2D eigenvalue weighted by Gasteiger charge is -2.09. The number of methoxy groups -OCH3 is 1. The molecular formula is C21H18N4O4. The first kappa shape index (κ1) is 18.4. The molecule has 0 fully saturated rings. The Balaban J connectivity index is 1.74. The van der Waals surface area contributed by atoms with Crippen molar-refractivity contribution in [2.45, 2.75) is 6.92 Å². The summed E-state index contributed by atoms with van der Waals surface area (Å²) in [7, 11) is 3.10. The van der Waals surface area contributed by atoms with Gasteiger partial charge >= 0.3 is 5.97 Å². The number of nitrogens with one attached hydrogen (secondary N) is 1. The Morgan fingerprint density at radius 1 is 1.17 bits per heavy atom. The monoisotopic (exact) mass is 390 g/mol. The average Bonchev–Trinajstić information content (AvgIpc) is 3.36. The number of fused-ring (bicyclic) bond motifs is 1. The molecule has 0 aliphatic rings. The van der Waals surface area contributed by atoms with Crippen LogP contribution < -0.4 is 5.32 Å². The molecule has 0 bridgehead atoms. The third kappa shape index (κ3) is 3.36. The Kier molecular flexibility index (Phi) is 4.59. The zero-order valence-electron chi connectivity index (χ0n) is 16.1. The highest BCUT2D eigenvalue weighted by Gasteiger charge is 2.20. The van der Waals surface area contributed by atoms with E-state index in [2.05, 4.69) is 20.1 Å². The minimum atomic E-state index is -0.437. The summed E-state index contributed by atoms with van der Waals surface area (Å²) in [5, 5.41) is 7.92. The van der Waals surface area contributed by atoms with E-state index in [0.717, 1.165) is 0 Å². The average molecular weight is 390 g/mol. The Bertz CT molecular complexity index is 1210. The molecule has 0 radical (unpaired) electrons. The van der Waals surface area contributed by atoms with E-state index in [1.807, 2.05) is 6.92 Å². The van der Waals surface area contributed by atoms with Crippen LogP contribution in [-0.4, -0.2) is 33.8 Å². The summed E-state index contributed by atoms with van der Waals surface area (Å²) in [6.07, 6.45) is 1.55. The summed E-state index contributed by atoms with van der Waals surface area (Å²) < 4.78 is 11.8. The quantitative estimate of drug-likeness (QED) is 0.535. The second-order valence-corrected chi connectivity index (χ2v) is 6.46. The van der Waals surface area contributed by atoms with Crippen molar-refractivity contribution in [2.75, 3.05) is 12.4 Å². The topological polar surface area (TPSA) is 99.2 Å². The normalized spacial score (nSPS) is 10.9. The van der Waals surface area contributed by atoms with E-state index in [1.165, 1.54) is 7.11 Å². The summed E-state index contributed by atoms with van der Waals surface area (Å²) in [5.74, 6) is -0.192. The summed E-state index contributed by atoms with van der Waals surface area (Å²) in [4.78, 5) is 29.3. The van der Waals surface area contributed by atoms with Crippen LogP contribution in [0.4, 0.5) is 5.69 Å². The Morgan fingerprint density at radius 3 is 2.59 bits per heavy atom. The lowest BCUT2D eigenvalue weighted by Crippen LogP contribution is -2.13. The summed E-state index contributed by atoms with van der Waals surface area (Å²) in [5.41, 5.74) is 3.21. The molecule has 0 saturated carbocycles. The van der Waals surface area contributed by atoms with Gasteiger partial charge in [-0.05, 0) is 49.4 Å². The minimum absolute atomic E-state index is 0.313. The van der Waals surface area contributed by atoms with Gasteiger partial charge in [-0.1, -0.05) is 0 Å². The first-order valence-corrected chi connectivity index (χ1v) is 8.86. The lowest BCUT2D eigenvalue weighted by atomic mass is 10.1. The van der Waals surface area contributed by atoms with E-state index in [1.54, 1.807) is 60.5 Å². The van der Waals surface area contributed by atoms with E-state index in [9.17, 15) is 9.59 Å². The van der Waals surface area contributed by atoms with Gasteiger partial charge in [0.2, 0.25) is 0 Å². The van der Waals surface area contributed by atoms with E-state index in [0.29, 0.717) is 45.0 Å². The molecule has 3 heterocycles. The van der Waals surface area contributed by atoms with Crippen molar-refractivity contribution in [3.8, 4) is 11.5 Å². The molecule has 0 saturated heterocycles. The number of nitrogens with zero attached hydrogens (tertiary/aromatic N) is 3. The number of aryl methyl sites for hydroxylation is 2. The Labute approximate surface area is 166 Å². The SMILES string of the molecule is COC(=O)c1ccc(NC(=O)c2cc(-c3ccco3)nc3c2c(C)nn3C)cc1. The number of pyridine rings is 1. The summed E-state index contributed by atoms with van der Waals surface area (Å²) in [6.45, 7) is 1.83. The second kappa shape index (κ2) is 7.23. The molecule has 8 heteroatoms. The zero-order chi connectivity index (χ0) is 20.5. The fraction of sp³-hybridized carbons (Fsp3) is 0.143. The molecule has 0 aliphatic heterocycles. The van der Waals surface area contributed by atoms with Crippen LogP contribution in [0.25, 0.3) is 22.5 Å². The van der Waals surface area contributed by atoms with Gasteiger partial charge in [-0.2, -0.15) is 5.10 Å². The molecule has 1 N–H and O–H groups in total. The number of aromatic nitrogens is 3. The first-order chi connectivity index (χ1) is 14.0. The molecule has 8 nitrogen and oxygen atoms in total. The number of anilines is 1. The van der Waals surface area contributed by atoms with Crippen LogP contribution in [0.5, 0.6) is 0 Å². The maximum absolute atomic E-state index is 13.1. The third-order valence-corrected chi connectivity index (χ3v) is 4.55. The van der Waals surface area contributed by atoms with E-state index in [-0.39, 0.29) is 5.91 Å². The van der Waals surface area contributed by atoms with Gasteiger partial charge in [0, 0.05) is 12.7 Å². The first-order valence-electron chi connectivity index (χ1n) is 8.86. The molecule has 29 heavy (non-hydrogen) atoms. The number of carbonyl (C=O) groups is 2. The number of ether oxygens (including phenoxy) is 1. The molecular weight excluding hydrogens is 372 g/mol. The zero-order valence-corrected chi connectivity index (χ0v) is 16.1. The maximum atomic E-state index is 13.1. The number of furan rings is 1. The number of rotatable bonds is 4. The van der Waals surface area contributed by atoms with Crippen molar-refractivity contribution in [1.82, 2.24) is 14.8 Å². The van der Waals surface area contributed by atoms with E-state index < -0.39 is 5.97 Å². The number of benzene rings is 1. The molecule has 146 valence electrons. The van der Waals surface area contributed by atoms with Crippen molar-refractivity contribution >= 4 is 28.6 Å². The molecule has 0 unspecified atom stereocenters. The molecule has 1 amide bonds. The minimum Gasteiger partial charge on any atom is -0.465 e. The van der Waals surface area contributed by atoms with Gasteiger partial charge in [0.25, 0.3) is 5.91 Å². The second-order valence-electron chi connectivity index (χ2n) is 6.46. The van der Waals surface area contributed by atoms with Crippen LogP contribution in [0.3, 0.4) is 0 Å². The van der Waals surface area contributed by atoms with Crippen molar-refractivity contribution in [3.63, 3.8) is 0 Å². The molecule has 3 aromatic heterocycles. The fourth-order valence-corrected chi connectivity index (χ4v) is 3.18. The van der Waals surface area contributed by atoms with Crippen molar-refractivity contribution in [3.05, 3.63) is 65.5 Å². The van der Waals surface area contributed by atoms with Crippen LogP contribution in [0.2, 0.25) is 0 Å². The number of hydrogen-bond donors (Lipinski definition) is 1. The van der Waals surface area contributed by atoms with Gasteiger partial charge in [-0.3, -0.25) is 9.48 Å². The highest BCUT2D eigenvalue weighted by molar-refractivity contribution is 6.13. The number of carbonyl (C=O) groups excluding carboxylic acids is 2. The smallest absolute Gasteiger partial charge is 0.337 e. The van der Waals surface area contributed by atoms with Crippen LogP contribution in [0.1, 0.15) is 26.4 Å². The molecule has 0 atom stereocenters. The van der Waals surface area contributed by atoms with Crippen LogP contribution in [-0.2, 0) is 11.8 Å². The highest BCUT2D eigenvalue weighted by atomic mass is 16.5. The summed E-state index contributed by atoms with van der Waals surface area (Å²) in [6, 6.07) is 11.7. The van der Waals surface area contributed by atoms with Gasteiger partial charge in [-0.15, -0.1) is 0 Å². The Morgan fingerprint density at radius 2 is 1.93 bits per heavy atom. The molecule has 4 rings (SSSR count). The van der Waals surface area contributed by atoms with E-state index >= 15 is 0 Å². The van der Waals surface area contributed by atoms with Gasteiger partial charge in [0.1, 0.15) is 5.69 Å². The highest BCUT2D eigenvalue weighted by Crippen LogP contribution is 2.27. The largest absolute Gasteiger partial charge is 0.465 e. The van der Waals surface area contributed by atoms with Gasteiger partial charge in [0.05, 0.1) is 35.6 Å². The van der Waals surface area contributed by atoms with Crippen LogP contribution >= 0.6 is 0 Å². The molecule has 0 aliphatic carbocycles. The predicted octanol–water partition coefficient (Wildman–Crippen LogP) is 3.58. The summed E-state index contributed by atoms with van der Waals surface area (Å²) >= 11 is 0. The Hall–Kier alpha value is -3.94. The predicted molar refractivity (Wildman–Crippen MR) is 107 cm³/mol. The van der Waals surface area contributed by atoms with Crippen molar-refractivity contribution < 1.29 is 18.7 Å². The number of esters is 1. The molecule has 1 aromatic carbocycles. The standard InChI is InChI=1S/C21H18N4O4/c1-12-18-15(20(26)22-14-8-6-13(7-9-14)21(27)28-3)11-16(17-5-4-10-29-17)23-19(18)25(2)24-12/h4-11H,1-3H3,(H,22,26). The molecule has 4 aromatic rings. The van der Waals surface area contributed by atoms with Crippen molar-refractivity contribution in [1.29, 1.82) is 0 Å². The fourth-order valence-electron chi connectivity index (χ4n) is 3.18. The van der Waals surface area contributed by atoms with E-state index in [4.69, 9.17) is 4.42 Å². The third-order valence-electron chi connectivity index (χ3n) is 4.55. The lowest BCUT2D eigenvalue weighted by molar-refractivity contribution is 0.0600.